The predicted molar refractivity (Wildman–Crippen MR) is 105 cm³/mol. The molecule has 0 radical (unpaired) electrons. The van der Waals surface area contributed by atoms with E-state index in [0.717, 1.165) is 5.56 Å². The molecule has 1 N–H and O–H groups in total. The van der Waals surface area contributed by atoms with Crippen LogP contribution in [-0.4, -0.2) is 49.6 Å². The fourth-order valence-electron chi connectivity index (χ4n) is 2.80. The van der Waals surface area contributed by atoms with Crippen LogP contribution in [-0.2, 0) is 20.9 Å². The van der Waals surface area contributed by atoms with E-state index in [2.05, 4.69) is 5.32 Å². The largest absolute Gasteiger partial charge is 0.486 e. The lowest BCUT2D eigenvalue weighted by molar-refractivity contribution is -0.133. The van der Waals surface area contributed by atoms with Crippen molar-refractivity contribution in [3.05, 3.63) is 53.6 Å². The lowest BCUT2D eigenvalue weighted by atomic mass is 10.2. The predicted octanol–water partition coefficient (Wildman–Crippen LogP) is 2.23. The van der Waals surface area contributed by atoms with Gasteiger partial charge in [-0.15, -0.1) is 0 Å². The van der Waals surface area contributed by atoms with Crippen molar-refractivity contribution in [3.63, 3.8) is 0 Å². The Morgan fingerprint density at radius 2 is 1.83 bits per heavy atom. The summed E-state index contributed by atoms with van der Waals surface area (Å²) in [5.74, 6) is 0.112. The van der Waals surface area contributed by atoms with Gasteiger partial charge in [-0.2, -0.15) is 0 Å². The summed E-state index contributed by atoms with van der Waals surface area (Å²) >= 11 is 0. The highest BCUT2D eigenvalue weighted by atomic mass is 16.6. The molecule has 0 aromatic heterocycles. The average molecular weight is 398 g/mol. The summed E-state index contributed by atoms with van der Waals surface area (Å²) < 4.78 is 16.1. The number of esters is 1. The minimum atomic E-state index is -0.640. The molecule has 3 rings (SSSR count). The zero-order chi connectivity index (χ0) is 20.8. The summed E-state index contributed by atoms with van der Waals surface area (Å²) in [5.41, 5.74) is 1.60. The first-order chi connectivity index (χ1) is 13.9. The molecule has 0 unspecified atom stereocenters. The van der Waals surface area contributed by atoms with Crippen LogP contribution < -0.4 is 14.8 Å². The molecule has 2 aromatic carbocycles. The highest BCUT2D eigenvalue weighted by Crippen LogP contribution is 2.31. The van der Waals surface area contributed by atoms with E-state index >= 15 is 0 Å². The van der Waals surface area contributed by atoms with Crippen LogP contribution in [0.1, 0.15) is 22.8 Å². The van der Waals surface area contributed by atoms with Crippen LogP contribution in [0.25, 0.3) is 0 Å². The van der Waals surface area contributed by atoms with Crippen molar-refractivity contribution in [1.82, 2.24) is 4.90 Å². The van der Waals surface area contributed by atoms with Crippen LogP contribution in [0, 0.1) is 0 Å². The highest BCUT2D eigenvalue weighted by Gasteiger charge is 2.16. The van der Waals surface area contributed by atoms with Gasteiger partial charge in [-0.3, -0.25) is 9.59 Å². The molecule has 8 heteroatoms. The molecular weight excluding hydrogens is 376 g/mol. The lowest BCUT2D eigenvalue weighted by Gasteiger charge is -2.21. The van der Waals surface area contributed by atoms with E-state index in [1.807, 2.05) is 18.2 Å². The molecule has 0 saturated carbocycles. The Bertz CT molecular complexity index is 927. The Kier molecular flexibility index (Phi) is 6.33. The van der Waals surface area contributed by atoms with Gasteiger partial charge in [0.2, 0.25) is 5.91 Å². The van der Waals surface area contributed by atoms with Gasteiger partial charge < -0.3 is 24.4 Å². The number of nitrogens with zero attached hydrogens (tertiary/aromatic N) is 1. The van der Waals surface area contributed by atoms with E-state index in [-0.39, 0.29) is 24.0 Å². The number of anilines is 1. The van der Waals surface area contributed by atoms with Gasteiger partial charge in [0.05, 0.1) is 5.56 Å². The Morgan fingerprint density at radius 3 is 2.59 bits per heavy atom. The number of carbonyl (C=O) groups is 3. The summed E-state index contributed by atoms with van der Waals surface area (Å²) in [5, 5.41) is 2.59. The standard InChI is InChI=1S/C21H22N2O6/c1-14(24)22-17-5-3-4-16(11-17)21(26)29-13-20(25)23(2)12-15-6-7-18-19(10-15)28-9-8-27-18/h3-7,10-11H,8-9,12-13H2,1-2H3,(H,22,24). The smallest absolute Gasteiger partial charge is 0.338 e. The zero-order valence-electron chi connectivity index (χ0n) is 16.3. The molecule has 29 heavy (non-hydrogen) atoms. The van der Waals surface area contributed by atoms with Crippen molar-refractivity contribution < 1.29 is 28.6 Å². The third-order valence-corrected chi connectivity index (χ3v) is 4.20. The van der Waals surface area contributed by atoms with Crippen molar-refractivity contribution in [1.29, 1.82) is 0 Å². The van der Waals surface area contributed by atoms with Crippen LogP contribution in [0.15, 0.2) is 42.5 Å². The van der Waals surface area contributed by atoms with Crippen LogP contribution in [0.2, 0.25) is 0 Å². The SMILES string of the molecule is CC(=O)Nc1cccc(C(=O)OCC(=O)N(C)Cc2ccc3c(c2)OCCO3)c1. The number of carbonyl (C=O) groups excluding carboxylic acids is 3. The average Bonchev–Trinajstić information content (AvgIpc) is 2.71. The number of nitrogens with one attached hydrogen (secondary N) is 1. The van der Waals surface area contributed by atoms with Gasteiger partial charge >= 0.3 is 5.97 Å². The van der Waals surface area contributed by atoms with Crippen molar-refractivity contribution in [3.8, 4) is 11.5 Å². The van der Waals surface area contributed by atoms with Gasteiger partial charge in [0, 0.05) is 26.2 Å². The van der Waals surface area contributed by atoms with Gasteiger partial charge in [0.15, 0.2) is 18.1 Å². The second-order valence-corrected chi connectivity index (χ2v) is 6.57. The molecule has 8 nitrogen and oxygen atoms in total. The molecule has 0 spiro atoms. The minimum absolute atomic E-state index is 0.244. The number of fused-ring (bicyclic) bond motifs is 1. The van der Waals surface area contributed by atoms with Gasteiger partial charge in [0.25, 0.3) is 5.91 Å². The van der Waals surface area contributed by atoms with Crippen LogP contribution in [0.5, 0.6) is 11.5 Å². The molecular formula is C21H22N2O6. The maximum Gasteiger partial charge on any atom is 0.338 e. The Hall–Kier alpha value is -3.55. The van der Waals surface area contributed by atoms with Crippen LogP contribution in [0.3, 0.4) is 0 Å². The molecule has 0 bridgehead atoms. The summed E-state index contributed by atoms with van der Waals surface area (Å²) in [4.78, 5) is 37.1. The normalized spacial score (nSPS) is 12.1. The summed E-state index contributed by atoms with van der Waals surface area (Å²) in [7, 11) is 1.63. The molecule has 0 saturated heterocycles. The first kappa shape index (κ1) is 20.2. The topological polar surface area (TPSA) is 94.2 Å². The summed E-state index contributed by atoms with van der Waals surface area (Å²) in [6.45, 7) is 2.34. The molecule has 0 atom stereocenters. The number of hydrogen-bond acceptors (Lipinski definition) is 6. The Balaban J connectivity index is 1.53. The third-order valence-electron chi connectivity index (χ3n) is 4.20. The number of likely N-dealkylation sites (N-methyl/N-ethyl adjacent to an activating group) is 1. The Morgan fingerprint density at radius 1 is 1.07 bits per heavy atom. The number of rotatable bonds is 6. The minimum Gasteiger partial charge on any atom is -0.486 e. The van der Waals surface area contributed by atoms with Gasteiger partial charge in [-0.1, -0.05) is 12.1 Å². The van der Waals surface area contributed by atoms with Gasteiger partial charge in [-0.25, -0.2) is 4.79 Å². The molecule has 1 heterocycles. The number of amides is 2. The van der Waals surface area contributed by atoms with E-state index in [0.29, 0.717) is 36.9 Å². The van der Waals surface area contributed by atoms with E-state index in [9.17, 15) is 14.4 Å². The molecule has 2 amide bonds. The van der Waals surface area contributed by atoms with Crippen molar-refractivity contribution in [2.45, 2.75) is 13.5 Å². The number of benzene rings is 2. The Labute approximate surface area is 168 Å². The summed E-state index contributed by atoms with van der Waals surface area (Å²) in [6, 6.07) is 11.8. The van der Waals surface area contributed by atoms with Crippen LogP contribution in [0.4, 0.5) is 5.69 Å². The molecule has 2 aromatic rings. The van der Waals surface area contributed by atoms with Crippen molar-refractivity contribution in [2.75, 3.05) is 32.2 Å². The first-order valence-electron chi connectivity index (χ1n) is 9.09. The zero-order valence-corrected chi connectivity index (χ0v) is 16.3. The molecule has 1 aliphatic rings. The molecule has 152 valence electrons. The molecule has 0 aliphatic carbocycles. The second kappa shape index (κ2) is 9.09. The van der Waals surface area contributed by atoms with E-state index in [1.165, 1.54) is 17.9 Å². The van der Waals surface area contributed by atoms with Crippen molar-refractivity contribution in [2.24, 2.45) is 0 Å². The van der Waals surface area contributed by atoms with E-state index in [4.69, 9.17) is 14.2 Å². The highest BCUT2D eigenvalue weighted by molar-refractivity contribution is 5.94. The molecule has 0 fully saturated rings. The maximum absolute atomic E-state index is 12.3. The second-order valence-electron chi connectivity index (χ2n) is 6.57. The number of hydrogen-bond donors (Lipinski definition) is 1. The third kappa shape index (κ3) is 5.47. The lowest BCUT2D eigenvalue weighted by Crippen LogP contribution is -2.31. The van der Waals surface area contributed by atoms with Crippen molar-refractivity contribution >= 4 is 23.5 Å². The first-order valence-corrected chi connectivity index (χ1v) is 9.09. The quantitative estimate of drug-likeness (QED) is 0.750. The maximum atomic E-state index is 12.3. The van der Waals surface area contributed by atoms with Gasteiger partial charge in [-0.05, 0) is 35.9 Å². The van der Waals surface area contributed by atoms with E-state index < -0.39 is 5.97 Å². The monoisotopic (exact) mass is 398 g/mol. The molecule has 1 aliphatic heterocycles. The fraction of sp³-hybridized carbons (Fsp3) is 0.286. The van der Waals surface area contributed by atoms with Gasteiger partial charge in [0.1, 0.15) is 13.2 Å². The fourth-order valence-corrected chi connectivity index (χ4v) is 2.80. The van der Waals surface area contributed by atoms with E-state index in [1.54, 1.807) is 25.2 Å². The summed E-state index contributed by atoms with van der Waals surface area (Å²) in [6.07, 6.45) is 0. The number of ether oxygens (including phenoxy) is 3. The van der Waals surface area contributed by atoms with Crippen LogP contribution >= 0.6 is 0 Å².